The number of carbonyl (C=O) groups is 1. The number of benzene rings is 3. The first-order chi connectivity index (χ1) is 16.9. The van der Waals surface area contributed by atoms with E-state index < -0.39 is 16.0 Å². The van der Waals surface area contributed by atoms with Crippen LogP contribution in [0.4, 0.5) is 0 Å². The maximum Gasteiger partial charge on any atom is 0.337 e. The first-order valence-corrected chi connectivity index (χ1v) is 13.7. The molecule has 4 aromatic rings. The highest BCUT2D eigenvalue weighted by atomic mass is 35.5. The van der Waals surface area contributed by atoms with Gasteiger partial charge in [-0.1, -0.05) is 54.6 Å². The molecule has 2 heterocycles. The van der Waals surface area contributed by atoms with E-state index in [-0.39, 0.29) is 22.9 Å². The maximum atomic E-state index is 13.3. The average molecular weight is 544 g/mol. The molecule has 1 aliphatic rings. The Balaban J connectivity index is 0.00000304. The van der Waals surface area contributed by atoms with Crippen molar-refractivity contribution < 1.29 is 18.3 Å². The van der Waals surface area contributed by atoms with E-state index in [4.69, 9.17) is 0 Å². The topological polar surface area (TPSA) is 101 Å². The number of hydrogen-bond acceptors (Lipinski definition) is 5. The summed E-state index contributed by atoms with van der Waals surface area (Å²) >= 11 is 1.37. The highest BCUT2D eigenvalue weighted by Gasteiger charge is 2.23. The third-order valence-corrected chi connectivity index (χ3v) is 8.92. The minimum Gasteiger partial charge on any atom is -0.478 e. The third-order valence-electron chi connectivity index (χ3n) is 6.29. The number of piperidine rings is 1. The van der Waals surface area contributed by atoms with E-state index in [1.165, 1.54) is 35.6 Å². The Morgan fingerprint density at radius 2 is 1.72 bits per heavy atom. The zero-order valence-electron chi connectivity index (χ0n) is 19.3. The van der Waals surface area contributed by atoms with Crippen molar-refractivity contribution in [2.45, 2.75) is 30.2 Å². The van der Waals surface area contributed by atoms with E-state index in [0.717, 1.165) is 47.1 Å². The van der Waals surface area contributed by atoms with E-state index in [0.29, 0.717) is 17.3 Å². The number of hydrogen-bond donors (Lipinski definition) is 2. The Morgan fingerprint density at radius 1 is 1.03 bits per heavy atom. The van der Waals surface area contributed by atoms with Crippen molar-refractivity contribution in [2.24, 2.45) is 4.40 Å². The van der Waals surface area contributed by atoms with E-state index in [9.17, 15) is 18.3 Å². The lowest BCUT2D eigenvalue weighted by atomic mass is 9.97. The van der Waals surface area contributed by atoms with Crippen molar-refractivity contribution in [2.75, 3.05) is 13.1 Å². The SMILES string of the molecule is Cl.O=C(O)c1ccccc1S(=O)(=O)/N=c1\sc(C2CCNCC2)cn1Cc1cccc2ccccc12. The smallest absolute Gasteiger partial charge is 0.337 e. The van der Waals surface area contributed by atoms with Gasteiger partial charge in [0.05, 0.1) is 12.1 Å². The molecule has 1 fully saturated rings. The van der Waals surface area contributed by atoms with Gasteiger partial charge in [0.15, 0.2) is 0 Å². The van der Waals surface area contributed by atoms with Gasteiger partial charge in [0.2, 0.25) is 4.80 Å². The highest BCUT2D eigenvalue weighted by molar-refractivity contribution is 7.90. The number of rotatable bonds is 6. The number of sulfonamides is 1. The number of fused-ring (bicyclic) bond motifs is 1. The van der Waals surface area contributed by atoms with Crippen LogP contribution in [0.1, 0.15) is 39.6 Å². The Kier molecular flexibility index (Phi) is 7.94. The summed E-state index contributed by atoms with van der Waals surface area (Å²) < 4.78 is 32.6. The zero-order chi connectivity index (χ0) is 24.4. The normalized spacial score (nSPS) is 15.1. The van der Waals surface area contributed by atoms with Gasteiger partial charge in [-0.2, -0.15) is 8.42 Å². The molecule has 0 radical (unpaired) electrons. The highest BCUT2D eigenvalue weighted by Crippen LogP contribution is 2.28. The Hall–Kier alpha value is -2.98. The largest absolute Gasteiger partial charge is 0.478 e. The fraction of sp³-hybridized carbons (Fsp3) is 0.231. The van der Waals surface area contributed by atoms with Crippen LogP contribution in [0.25, 0.3) is 10.8 Å². The molecular formula is C26H26ClN3O4S2. The van der Waals surface area contributed by atoms with Gasteiger partial charge >= 0.3 is 5.97 Å². The fourth-order valence-corrected chi connectivity index (χ4v) is 7.08. The van der Waals surface area contributed by atoms with Crippen LogP contribution in [0.3, 0.4) is 0 Å². The van der Waals surface area contributed by atoms with E-state index >= 15 is 0 Å². The summed E-state index contributed by atoms with van der Waals surface area (Å²) in [5, 5.41) is 15.1. The molecule has 188 valence electrons. The molecule has 1 aliphatic heterocycles. The lowest BCUT2D eigenvalue weighted by molar-refractivity contribution is 0.0692. The molecule has 0 bridgehead atoms. The first kappa shape index (κ1) is 26.1. The van der Waals surface area contributed by atoms with Gasteiger partial charge in [0, 0.05) is 11.1 Å². The number of aromatic nitrogens is 1. The van der Waals surface area contributed by atoms with Crippen molar-refractivity contribution in [1.82, 2.24) is 9.88 Å². The average Bonchev–Trinajstić information content (AvgIpc) is 3.26. The second-order valence-electron chi connectivity index (χ2n) is 8.57. The van der Waals surface area contributed by atoms with Crippen LogP contribution >= 0.6 is 23.7 Å². The minimum absolute atomic E-state index is 0. The van der Waals surface area contributed by atoms with E-state index in [1.54, 1.807) is 0 Å². The molecule has 0 spiro atoms. The summed E-state index contributed by atoms with van der Waals surface area (Å²) in [6, 6.07) is 19.8. The number of nitrogens with zero attached hydrogens (tertiary/aromatic N) is 2. The van der Waals surface area contributed by atoms with Gasteiger partial charge < -0.3 is 15.0 Å². The van der Waals surface area contributed by atoms with Gasteiger partial charge in [0.25, 0.3) is 10.0 Å². The molecule has 5 rings (SSSR count). The Labute approximate surface area is 219 Å². The number of carboxylic acids is 1. The van der Waals surface area contributed by atoms with Crippen LogP contribution in [-0.2, 0) is 16.6 Å². The molecule has 2 N–H and O–H groups in total. The van der Waals surface area contributed by atoms with Crippen LogP contribution in [0.2, 0.25) is 0 Å². The molecular weight excluding hydrogens is 518 g/mol. The number of halogens is 1. The molecule has 1 saturated heterocycles. The first-order valence-electron chi connectivity index (χ1n) is 11.4. The molecule has 0 atom stereocenters. The Bertz CT molecular complexity index is 1570. The molecule has 0 saturated carbocycles. The van der Waals surface area contributed by atoms with Crippen molar-refractivity contribution in [3.05, 3.63) is 93.7 Å². The van der Waals surface area contributed by atoms with Crippen LogP contribution in [0.5, 0.6) is 0 Å². The van der Waals surface area contributed by atoms with Gasteiger partial charge in [-0.05, 0) is 60.3 Å². The summed E-state index contributed by atoms with van der Waals surface area (Å²) in [7, 11) is -4.24. The summed E-state index contributed by atoms with van der Waals surface area (Å²) in [6.07, 6.45) is 3.96. The molecule has 1 aromatic heterocycles. The van der Waals surface area contributed by atoms with Crippen molar-refractivity contribution in [3.8, 4) is 0 Å². The van der Waals surface area contributed by atoms with E-state index in [1.807, 2.05) is 35.0 Å². The van der Waals surface area contributed by atoms with Crippen LogP contribution in [0, 0.1) is 0 Å². The molecule has 0 amide bonds. The van der Waals surface area contributed by atoms with Gasteiger partial charge in [0.1, 0.15) is 4.90 Å². The number of thiazole rings is 1. The predicted octanol–water partition coefficient (Wildman–Crippen LogP) is 4.63. The lowest BCUT2D eigenvalue weighted by Gasteiger charge is -2.20. The van der Waals surface area contributed by atoms with Crippen LogP contribution in [0.15, 0.2) is 82.2 Å². The minimum atomic E-state index is -4.24. The molecule has 0 unspecified atom stereocenters. The van der Waals surface area contributed by atoms with Gasteiger partial charge in [-0.25, -0.2) is 4.79 Å². The molecule has 3 aromatic carbocycles. The fourth-order valence-electron chi connectivity index (χ4n) is 4.51. The monoisotopic (exact) mass is 543 g/mol. The van der Waals surface area contributed by atoms with Crippen LogP contribution < -0.4 is 10.1 Å². The summed E-state index contributed by atoms with van der Waals surface area (Å²) in [6.45, 7) is 2.29. The zero-order valence-corrected chi connectivity index (χ0v) is 21.8. The van der Waals surface area contributed by atoms with Crippen molar-refractivity contribution in [3.63, 3.8) is 0 Å². The molecule has 0 aliphatic carbocycles. The van der Waals surface area contributed by atoms with Gasteiger partial charge in [-0.15, -0.1) is 28.1 Å². The van der Waals surface area contributed by atoms with Gasteiger partial charge in [-0.3, -0.25) is 0 Å². The molecule has 10 heteroatoms. The third kappa shape index (κ3) is 5.39. The summed E-state index contributed by atoms with van der Waals surface area (Å²) in [4.78, 5) is 12.8. The maximum absolute atomic E-state index is 13.3. The molecule has 7 nitrogen and oxygen atoms in total. The number of aromatic carboxylic acids is 1. The second kappa shape index (κ2) is 11.0. The van der Waals surface area contributed by atoms with E-state index in [2.05, 4.69) is 27.9 Å². The quantitative estimate of drug-likeness (QED) is 0.369. The summed E-state index contributed by atoms with van der Waals surface area (Å²) in [5.41, 5.74) is 0.773. The molecule has 36 heavy (non-hydrogen) atoms. The Morgan fingerprint density at radius 3 is 2.50 bits per heavy atom. The number of carboxylic acid groups (broad SMARTS) is 1. The number of nitrogens with one attached hydrogen (secondary N) is 1. The second-order valence-corrected chi connectivity index (χ2v) is 11.2. The van der Waals surface area contributed by atoms with Crippen molar-refractivity contribution >= 4 is 50.5 Å². The van der Waals surface area contributed by atoms with Crippen LogP contribution in [-0.4, -0.2) is 37.2 Å². The summed E-state index contributed by atoms with van der Waals surface area (Å²) in [5.74, 6) is -0.970. The lowest BCUT2D eigenvalue weighted by Crippen LogP contribution is -2.26. The predicted molar refractivity (Wildman–Crippen MR) is 144 cm³/mol. The van der Waals surface area contributed by atoms with Crippen molar-refractivity contribution in [1.29, 1.82) is 0 Å². The standard InChI is InChI=1S/C26H25N3O4S2.ClH/c30-25(31)22-10-3-4-11-24(22)35(32,33)28-26-29(17-23(34-26)19-12-14-27-15-13-19)16-20-8-5-7-18-6-1-2-9-21(18)20;/h1-11,17,19,27H,12-16H2,(H,30,31);1H/b28-26-;.